The number of ether oxygens (including phenoxy) is 3. The Balaban J connectivity index is 0.000000537. The number of unbranched alkanes of at least 4 members (excludes halogenated alkanes) is 1. The molecule has 1 fully saturated rings. The van der Waals surface area contributed by atoms with Gasteiger partial charge in [-0.15, -0.1) is 0 Å². The van der Waals surface area contributed by atoms with Crippen molar-refractivity contribution in [2.75, 3.05) is 6.61 Å². The van der Waals surface area contributed by atoms with Gasteiger partial charge in [-0.1, -0.05) is 69.5 Å². The molecule has 2 rings (SSSR count). The summed E-state index contributed by atoms with van der Waals surface area (Å²) in [4.78, 5) is 33.4. The summed E-state index contributed by atoms with van der Waals surface area (Å²) in [7, 11) is 0. The van der Waals surface area contributed by atoms with Gasteiger partial charge < -0.3 is 14.2 Å². The highest BCUT2D eigenvalue weighted by molar-refractivity contribution is 5.89. The van der Waals surface area contributed by atoms with Crippen molar-refractivity contribution in [3.05, 3.63) is 67.3 Å². The third-order valence-corrected chi connectivity index (χ3v) is 4.36. The fourth-order valence-electron chi connectivity index (χ4n) is 2.59. The molecule has 1 aromatic rings. The van der Waals surface area contributed by atoms with Crippen LogP contribution in [0.2, 0.25) is 0 Å². The van der Waals surface area contributed by atoms with Gasteiger partial charge in [0.25, 0.3) is 0 Å². The minimum absolute atomic E-state index is 0.255. The van der Waals surface area contributed by atoms with Gasteiger partial charge in [-0.25, -0.2) is 9.59 Å². The largest absolute Gasteiger partial charge is 0.462 e. The van der Waals surface area contributed by atoms with Crippen LogP contribution in [0.4, 0.5) is 0 Å². The summed E-state index contributed by atoms with van der Waals surface area (Å²) < 4.78 is 15.0. The van der Waals surface area contributed by atoms with Crippen molar-refractivity contribution in [2.45, 2.75) is 77.9 Å². The molecule has 0 amide bonds. The Hall–Kier alpha value is -3.15. The molecular weight excluding hydrogens is 432 g/mol. The lowest BCUT2D eigenvalue weighted by molar-refractivity contribution is -0.150. The summed E-state index contributed by atoms with van der Waals surface area (Å²) >= 11 is 0. The Bertz CT molecular complexity index is 789. The average molecular weight is 473 g/mol. The van der Waals surface area contributed by atoms with Crippen LogP contribution in [0.25, 0.3) is 6.08 Å². The third-order valence-electron chi connectivity index (χ3n) is 4.36. The van der Waals surface area contributed by atoms with Gasteiger partial charge >= 0.3 is 17.9 Å². The predicted octanol–water partition coefficient (Wildman–Crippen LogP) is 6.22. The Morgan fingerprint density at radius 2 is 1.79 bits per heavy atom. The van der Waals surface area contributed by atoms with Gasteiger partial charge in [0, 0.05) is 12.5 Å². The van der Waals surface area contributed by atoms with Crippen LogP contribution in [-0.4, -0.2) is 36.2 Å². The van der Waals surface area contributed by atoms with Gasteiger partial charge in [0.2, 0.25) is 0 Å². The second kappa shape index (κ2) is 17.3. The molecule has 6 heteroatoms. The molecule has 1 aliphatic heterocycles. The highest BCUT2D eigenvalue weighted by Crippen LogP contribution is 2.20. The summed E-state index contributed by atoms with van der Waals surface area (Å²) in [6.45, 7) is 18.4. The summed E-state index contributed by atoms with van der Waals surface area (Å²) in [6.07, 6.45) is 7.07. The number of esters is 3. The lowest BCUT2D eigenvalue weighted by atomic mass is 10.1. The van der Waals surface area contributed by atoms with E-state index in [1.807, 2.05) is 64.1 Å². The molecule has 0 aromatic heterocycles. The molecule has 188 valence electrons. The van der Waals surface area contributed by atoms with Crippen molar-refractivity contribution in [3.8, 4) is 0 Å². The van der Waals surface area contributed by atoms with Gasteiger partial charge in [-0.2, -0.15) is 0 Å². The standard InChI is InChI=1S/C13H20O4.C8H8.C7H12O2/c1-3-4-9-16-13(15)10(2)11-7-5-6-8-12(14)17-11;1-2-8-6-4-3-5-7-8;1-5-6(8)9-7(2,3)4/h11H,2-9H2,1H3;2-7H,1H2;5H,1H2,2-4H3. The number of carbonyl (C=O) groups excluding carboxylic acids is 3. The van der Waals surface area contributed by atoms with Crippen LogP contribution in [0.15, 0.2) is 61.7 Å². The number of carbonyl (C=O) groups is 3. The van der Waals surface area contributed by atoms with Crippen LogP contribution in [0.3, 0.4) is 0 Å². The predicted molar refractivity (Wildman–Crippen MR) is 136 cm³/mol. The molecule has 0 saturated carbocycles. The zero-order valence-corrected chi connectivity index (χ0v) is 21.1. The van der Waals surface area contributed by atoms with Crippen LogP contribution in [0.1, 0.15) is 71.8 Å². The first-order valence-electron chi connectivity index (χ1n) is 11.6. The van der Waals surface area contributed by atoms with Crippen LogP contribution in [-0.2, 0) is 28.6 Å². The molecule has 0 spiro atoms. The number of cyclic esters (lactones) is 1. The highest BCUT2D eigenvalue weighted by Gasteiger charge is 2.25. The van der Waals surface area contributed by atoms with E-state index in [9.17, 15) is 14.4 Å². The number of benzene rings is 1. The van der Waals surface area contributed by atoms with Gasteiger partial charge in [-0.3, -0.25) is 4.79 Å². The van der Waals surface area contributed by atoms with Crippen molar-refractivity contribution in [1.29, 1.82) is 0 Å². The molecule has 0 N–H and O–H groups in total. The van der Waals surface area contributed by atoms with E-state index in [0.29, 0.717) is 19.4 Å². The molecule has 0 radical (unpaired) electrons. The molecule has 1 saturated heterocycles. The van der Waals surface area contributed by atoms with Gasteiger partial charge in [0.05, 0.1) is 12.2 Å². The molecule has 1 atom stereocenters. The molecule has 1 heterocycles. The maximum atomic E-state index is 11.6. The van der Waals surface area contributed by atoms with E-state index in [1.54, 1.807) is 0 Å². The topological polar surface area (TPSA) is 78.9 Å². The summed E-state index contributed by atoms with van der Waals surface area (Å²) in [5, 5.41) is 0. The maximum Gasteiger partial charge on any atom is 0.337 e. The molecule has 1 aromatic carbocycles. The summed E-state index contributed by atoms with van der Waals surface area (Å²) in [5.41, 5.74) is 1.04. The lowest BCUT2D eigenvalue weighted by Gasteiger charge is -2.17. The zero-order chi connectivity index (χ0) is 26.0. The van der Waals surface area contributed by atoms with E-state index >= 15 is 0 Å². The molecule has 6 nitrogen and oxygen atoms in total. The van der Waals surface area contributed by atoms with Crippen LogP contribution in [0.5, 0.6) is 0 Å². The second-order valence-electron chi connectivity index (χ2n) is 8.59. The molecule has 1 aliphatic rings. The van der Waals surface area contributed by atoms with E-state index in [-0.39, 0.29) is 17.5 Å². The first-order chi connectivity index (χ1) is 16.0. The van der Waals surface area contributed by atoms with Crippen LogP contribution < -0.4 is 0 Å². The molecule has 0 bridgehead atoms. The molecular formula is C28H40O6. The molecule has 34 heavy (non-hydrogen) atoms. The summed E-state index contributed by atoms with van der Waals surface area (Å²) in [5.74, 6) is -1.07. The Labute approximate surface area is 204 Å². The highest BCUT2D eigenvalue weighted by atomic mass is 16.6. The van der Waals surface area contributed by atoms with E-state index in [4.69, 9.17) is 14.2 Å². The zero-order valence-electron chi connectivity index (χ0n) is 21.1. The SMILES string of the molecule is C=C(C(=O)OCCCC)C1CCCCC(=O)O1.C=CC(=O)OC(C)(C)C.C=Cc1ccccc1. The monoisotopic (exact) mass is 472 g/mol. The minimum Gasteiger partial charge on any atom is -0.462 e. The third kappa shape index (κ3) is 15.6. The summed E-state index contributed by atoms with van der Waals surface area (Å²) in [6, 6.07) is 10.0. The Morgan fingerprint density at radius 1 is 1.15 bits per heavy atom. The van der Waals surface area contributed by atoms with Gasteiger partial charge in [0.15, 0.2) is 0 Å². The van der Waals surface area contributed by atoms with E-state index in [0.717, 1.165) is 31.8 Å². The van der Waals surface area contributed by atoms with Gasteiger partial charge in [0.1, 0.15) is 11.7 Å². The van der Waals surface area contributed by atoms with Crippen molar-refractivity contribution in [1.82, 2.24) is 0 Å². The van der Waals surface area contributed by atoms with Gasteiger partial charge in [-0.05, 0) is 52.0 Å². The fourth-order valence-corrected chi connectivity index (χ4v) is 2.59. The lowest BCUT2D eigenvalue weighted by Crippen LogP contribution is -2.24. The van der Waals surface area contributed by atoms with E-state index in [1.165, 1.54) is 5.56 Å². The molecule has 0 aliphatic carbocycles. The Morgan fingerprint density at radius 3 is 2.26 bits per heavy atom. The number of hydrogen-bond acceptors (Lipinski definition) is 6. The Kier molecular flexibility index (Phi) is 15.7. The van der Waals surface area contributed by atoms with Crippen molar-refractivity contribution in [3.63, 3.8) is 0 Å². The normalized spacial score (nSPS) is 14.9. The molecule has 1 unspecified atom stereocenters. The second-order valence-corrected chi connectivity index (χ2v) is 8.59. The average Bonchev–Trinajstić information content (AvgIpc) is 3.03. The van der Waals surface area contributed by atoms with Crippen molar-refractivity contribution < 1.29 is 28.6 Å². The van der Waals surface area contributed by atoms with E-state index in [2.05, 4.69) is 19.7 Å². The van der Waals surface area contributed by atoms with Crippen molar-refractivity contribution in [2.24, 2.45) is 0 Å². The van der Waals surface area contributed by atoms with Crippen molar-refractivity contribution >= 4 is 24.0 Å². The first-order valence-corrected chi connectivity index (χ1v) is 11.6. The smallest absolute Gasteiger partial charge is 0.337 e. The minimum atomic E-state index is -0.501. The fraction of sp³-hybridized carbons (Fsp3) is 0.464. The van der Waals surface area contributed by atoms with Crippen LogP contribution in [0, 0.1) is 0 Å². The van der Waals surface area contributed by atoms with Crippen LogP contribution >= 0.6 is 0 Å². The number of rotatable bonds is 7. The van der Waals surface area contributed by atoms with E-state index < -0.39 is 17.7 Å². The number of hydrogen-bond donors (Lipinski definition) is 0. The first kappa shape index (κ1) is 30.9. The maximum absolute atomic E-state index is 11.6. The quantitative estimate of drug-likeness (QED) is 0.203.